The van der Waals surface area contributed by atoms with Gasteiger partial charge >= 0.3 is 23.9 Å². The first-order valence-electron chi connectivity index (χ1n) is 18.7. The van der Waals surface area contributed by atoms with Crippen molar-refractivity contribution in [1.82, 2.24) is 4.90 Å². The molecule has 0 aromatic rings. The number of carboxylic acids is 2. The monoisotopic (exact) mass is 736 g/mol. The molecule has 0 aromatic heterocycles. The standard InChI is InChI=1S/C21H29NO4.C19H26O3.C2H5NO2/c1-14(2)6-4-7-15(3)8-5-9-16-10-11-17-18(12-16)21(26)22(20(17)25)13-19(23)24;1-13(2)6-4-7-14(3)8-5-9-15-10-11-16-17(12-15)19(21)22-18(16)20;3-1-2(4)5/h6,8,10,17-18H,4-5,7,9,11-13H2,1-3H3,(H,23,24);6,8,10,16-17H,4-5,7,9,11-12H2,1-3H3;1,3H2,(H,4,5)/b15-8+;14-8+;. The van der Waals surface area contributed by atoms with Crippen LogP contribution in [-0.4, -0.2) is 63.9 Å². The van der Waals surface area contributed by atoms with Crippen LogP contribution in [0.1, 0.15) is 119 Å². The second-order valence-electron chi connectivity index (χ2n) is 14.8. The lowest BCUT2D eigenvalue weighted by atomic mass is 9.80. The minimum Gasteiger partial charge on any atom is -0.480 e. The van der Waals surface area contributed by atoms with Crippen LogP contribution in [0.5, 0.6) is 0 Å². The molecule has 2 fully saturated rings. The molecule has 4 aliphatic rings. The Balaban J connectivity index is 0.000000329. The van der Waals surface area contributed by atoms with Gasteiger partial charge in [-0.2, -0.15) is 0 Å². The van der Waals surface area contributed by atoms with Gasteiger partial charge in [-0.3, -0.25) is 33.7 Å². The number of amides is 2. The summed E-state index contributed by atoms with van der Waals surface area (Å²) in [5, 5.41) is 16.5. The summed E-state index contributed by atoms with van der Waals surface area (Å²) in [4.78, 5) is 68.8. The number of nitrogens with zero attached hydrogens (tertiary/aromatic N) is 1. The first-order chi connectivity index (χ1) is 25.0. The SMILES string of the molecule is CC(C)=CCC/C(C)=C/CCC1=CCC2C(=O)N(CC(=O)O)C(=O)C2C1.CC(C)=CCC/C(C)=C/CCC1=CCC2C(=O)OC(=O)C2C1.NCC(=O)O. The lowest BCUT2D eigenvalue weighted by Gasteiger charge is -2.21. The summed E-state index contributed by atoms with van der Waals surface area (Å²) in [5.41, 5.74) is 12.6. The summed E-state index contributed by atoms with van der Waals surface area (Å²) in [5.74, 6) is -4.61. The van der Waals surface area contributed by atoms with Crippen molar-refractivity contribution in [2.45, 2.75) is 119 Å². The number of carbonyl (C=O) groups excluding carboxylic acids is 4. The lowest BCUT2D eigenvalue weighted by Crippen LogP contribution is -2.35. The van der Waals surface area contributed by atoms with Crippen LogP contribution in [0.15, 0.2) is 69.9 Å². The molecule has 0 spiro atoms. The molecule has 53 heavy (non-hydrogen) atoms. The fraction of sp³-hybridized carbons (Fsp3) is 0.571. The Kier molecular flexibility index (Phi) is 19.1. The van der Waals surface area contributed by atoms with Gasteiger partial charge in [0.15, 0.2) is 0 Å². The van der Waals surface area contributed by atoms with Crippen LogP contribution >= 0.6 is 0 Å². The molecule has 4 unspecified atom stereocenters. The molecule has 4 N–H and O–H groups in total. The molecule has 0 radical (unpaired) electrons. The molecule has 0 saturated carbocycles. The Labute approximate surface area is 314 Å². The highest BCUT2D eigenvalue weighted by Gasteiger charge is 2.49. The largest absolute Gasteiger partial charge is 0.480 e. The van der Waals surface area contributed by atoms with Crippen LogP contribution in [0.3, 0.4) is 0 Å². The second kappa shape index (κ2) is 22.6. The van der Waals surface area contributed by atoms with Crippen molar-refractivity contribution in [3.63, 3.8) is 0 Å². The predicted molar refractivity (Wildman–Crippen MR) is 204 cm³/mol. The van der Waals surface area contributed by atoms with Crippen molar-refractivity contribution in [2.75, 3.05) is 13.1 Å². The number of carbonyl (C=O) groups is 6. The zero-order valence-corrected chi connectivity index (χ0v) is 32.4. The van der Waals surface area contributed by atoms with Crippen LogP contribution in [0.25, 0.3) is 0 Å². The molecule has 2 aliphatic heterocycles. The van der Waals surface area contributed by atoms with E-state index < -0.39 is 18.5 Å². The topological polar surface area (TPSA) is 181 Å². The average Bonchev–Trinajstić information content (AvgIpc) is 3.50. The molecule has 2 aliphatic carbocycles. The Bertz CT molecular complexity index is 1540. The highest BCUT2D eigenvalue weighted by molar-refractivity contribution is 6.07. The van der Waals surface area contributed by atoms with Crippen molar-refractivity contribution >= 4 is 35.7 Å². The summed E-state index contributed by atoms with van der Waals surface area (Å²) in [6, 6.07) is 0. The van der Waals surface area contributed by atoms with Gasteiger partial charge in [-0.15, -0.1) is 0 Å². The summed E-state index contributed by atoms with van der Waals surface area (Å²) in [6.45, 7) is 12.0. The van der Waals surface area contributed by atoms with E-state index in [-0.39, 0.29) is 54.0 Å². The highest BCUT2D eigenvalue weighted by atomic mass is 16.6. The van der Waals surface area contributed by atoms with E-state index in [0.29, 0.717) is 25.7 Å². The van der Waals surface area contributed by atoms with Crippen LogP contribution in [0.2, 0.25) is 0 Å². The molecular formula is C42H60N2O9. The lowest BCUT2D eigenvalue weighted by molar-refractivity contribution is -0.154. The van der Waals surface area contributed by atoms with Gasteiger partial charge < -0.3 is 20.7 Å². The number of rotatable bonds is 15. The smallest absolute Gasteiger partial charge is 0.323 e. The molecule has 4 rings (SSSR count). The number of aliphatic carboxylic acids is 2. The van der Waals surface area contributed by atoms with E-state index in [2.05, 4.69) is 83.7 Å². The number of hydrogen-bond acceptors (Lipinski definition) is 8. The minimum atomic E-state index is -1.15. The molecule has 4 atom stereocenters. The fourth-order valence-electron chi connectivity index (χ4n) is 6.82. The second-order valence-corrected chi connectivity index (χ2v) is 14.8. The summed E-state index contributed by atoms with van der Waals surface area (Å²) in [6.07, 6.45) is 23.9. The molecule has 0 bridgehead atoms. The van der Waals surface area contributed by atoms with Crippen LogP contribution < -0.4 is 5.73 Å². The fourth-order valence-corrected chi connectivity index (χ4v) is 6.82. The first-order valence-corrected chi connectivity index (χ1v) is 18.7. The summed E-state index contributed by atoms with van der Waals surface area (Å²) in [7, 11) is 0. The molecule has 292 valence electrons. The maximum Gasteiger partial charge on any atom is 0.323 e. The molecule has 2 saturated heterocycles. The van der Waals surface area contributed by atoms with E-state index in [1.165, 1.54) is 33.4 Å². The number of allylic oxidation sites excluding steroid dienone is 12. The van der Waals surface area contributed by atoms with Crippen molar-refractivity contribution < 1.29 is 43.7 Å². The number of cyclic esters (lactones) is 2. The Morgan fingerprint density at radius 2 is 1.11 bits per heavy atom. The van der Waals surface area contributed by atoms with Gasteiger partial charge in [0.05, 0.1) is 30.2 Å². The third kappa shape index (κ3) is 15.6. The van der Waals surface area contributed by atoms with Gasteiger partial charge in [-0.1, -0.05) is 69.9 Å². The number of ether oxygens (including phenoxy) is 1. The van der Waals surface area contributed by atoms with Gasteiger partial charge in [0.2, 0.25) is 11.8 Å². The molecule has 2 heterocycles. The number of carboxylic acid groups (broad SMARTS) is 2. The van der Waals surface area contributed by atoms with Crippen LogP contribution in [-0.2, 0) is 33.5 Å². The van der Waals surface area contributed by atoms with E-state index >= 15 is 0 Å². The zero-order valence-electron chi connectivity index (χ0n) is 32.4. The summed E-state index contributed by atoms with van der Waals surface area (Å²) >= 11 is 0. The number of esters is 2. The van der Waals surface area contributed by atoms with E-state index in [1.807, 2.05) is 0 Å². The number of fused-ring (bicyclic) bond motifs is 2. The van der Waals surface area contributed by atoms with Gasteiger partial charge in [0.25, 0.3) is 0 Å². The Morgan fingerprint density at radius 3 is 1.57 bits per heavy atom. The van der Waals surface area contributed by atoms with E-state index in [9.17, 15) is 28.8 Å². The average molecular weight is 737 g/mol. The normalized spacial score (nSPS) is 22.2. The van der Waals surface area contributed by atoms with Gasteiger partial charge in [-0.05, 0) is 119 Å². The Hall–Kier alpha value is -4.38. The number of hydrogen-bond donors (Lipinski definition) is 3. The van der Waals surface area contributed by atoms with Crippen LogP contribution in [0, 0.1) is 23.7 Å². The van der Waals surface area contributed by atoms with Crippen molar-refractivity contribution in [3.8, 4) is 0 Å². The van der Waals surface area contributed by atoms with E-state index in [4.69, 9.17) is 14.9 Å². The maximum absolute atomic E-state index is 12.4. The van der Waals surface area contributed by atoms with Crippen LogP contribution in [0.4, 0.5) is 0 Å². The zero-order chi connectivity index (χ0) is 39.7. The van der Waals surface area contributed by atoms with Gasteiger partial charge in [-0.25, -0.2) is 0 Å². The molecule has 11 nitrogen and oxygen atoms in total. The summed E-state index contributed by atoms with van der Waals surface area (Å²) < 4.78 is 4.73. The van der Waals surface area contributed by atoms with E-state index in [0.717, 1.165) is 56.3 Å². The number of imide groups is 1. The number of nitrogens with two attached hydrogens (primary N) is 1. The minimum absolute atomic E-state index is 0.224. The maximum atomic E-state index is 12.4. The Morgan fingerprint density at radius 1 is 0.679 bits per heavy atom. The molecule has 11 heteroatoms. The van der Waals surface area contributed by atoms with Crippen molar-refractivity contribution in [1.29, 1.82) is 0 Å². The van der Waals surface area contributed by atoms with Crippen molar-refractivity contribution in [2.24, 2.45) is 29.4 Å². The molecular weight excluding hydrogens is 676 g/mol. The van der Waals surface area contributed by atoms with E-state index in [1.54, 1.807) is 0 Å². The van der Waals surface area contributed by atoms with Gasteiger partial charge in [0, 0.05) is 0 Å². The third-order valence-electron chi connectivity index (χ3n) is 9.80. The first kappa shape index (κ1) is 44.8. The van der Waals surface area contributed by atoms with Gasteiger partial charge in [0.1, 0.15) is 6.54 Å². The highest BCUT2D eigenvalue weighted by Crippen LogP contribution is 2.39. The van der Waals surface area contributed by atoms with Crippen molar-refractivity contribution in [3.05, 3.63) is 69.9 Å². The number of likely N-dealkylation sites (tertiary alicyclic amines) is 1. The quantitative estimate of drug-likeness (QED) is 0.0664. The molecule has 2 amide bonds. The third-order valence-corrected chi connectivity index (χ3v) is 9.80. The predicted octanol–water partition coefficient (Wildman–Crippen LogP) is 7.39. The molecule has 0 aromatic carbocycles.